The molecule has 56 heavy (non-hydrogen) atoms. The molecule has 0 aliphatic heterocycles. The van der Waals surface area contributed by atoms with Crippen LogP contribution in [0.25, 0.3) is 72.0 Å². The molecule has 2 nitrogen and oxygen atoms in total. The topological polar surface area (TPSA) is 8.17 Å². The largest absolute Gasteiger partial charge is 0.310 e. The maximum atomic E-state index is 2.42. The Labute approximate surface area is 327 Å². The minimum atomic E-state index is 1.10. The van der Waals surface area contributed by atoms with Gasteiger partial charge in [-0.3, -0.25) is 0 Å². The molecule has 1 aromatic heterocycles. The van der Waals surface area contributed by atoms with E-state index in [0.29, 0.717) is 0 Å². The van der Waals surface area contributed by atoms with Crippen molar-refractivity contribution in [3.8, 4) is 50.2 Å². The van der Waals surface area contributed by atoms with Gasteiger partial charge < -0.3 is 9.47 Å². The van der Waals surface area contributed by atoms with Crippen molar-refractivity contribution in [1.82, 2.24) is 4.57 Å². The third kappa shape index (κ3) is 6.24. The fourth-order valence-corrected chi connectivity index (χ4v) is 7.98. The highest BCUT2D eigenvalue weighted by Gasteiger charge is 2.18. The summed E-state index contributed by atoms with van der Waals surface area (Å²) in [6, 6.07) is 83.0. The quantitative estimate of drug-likeness (QED) is 0.152. The van der Waals surface area contributed by atoms with Crippen LogP contribution in [-0.2, 0) is 0 Å². The van der Waals surface area contributed by atoms with Crippen molar-refractivity contribution < 1.29 is 0 Å². The van der Waals surface area contributed by atoms with E-state index in [1.54, 1.807) is 0 Å². The standard InChI is InChI=1S/C54H38N2/c1-5-13-39(14-6-1)42-21-23-45(24-22-42)46-29-36-53-52(37-46)51-35-34-50(38-54(51)56(53)49-32-27-44(28-33-49)41-17-9-3-10-18-41)55(47-19-11-4-12-20-47)48-30-25-43(26-31-48)40-15-7-2-8-16-40/h1-38H. The second-order valence-corrected chi connectivity index (χ2v) is 14.2. The summed E-state index contributed by atoms with van der Waals surface area (Å²) in [4.78, 5) is 2.36. The molecule has 10 rings (SSSR count). The number of rotatable bonds is 8. The van der Waals surface area contributed by atoms with Crippen molar-refractivity contribution in [2.45, 2.75) is 0 Å². The Kier molecular flexibility index (Phi) is 8.55. The van der Waals surface area contributed by atoms with Gasteiger partial charge in [0.1, 0.15) is 0 Å². The van der Waals surface area contributed by atoms with Crippen molar-refractivity contribution in [2.75, 3.05) is 4.90 Å². The third-order valence-electron chi connectivity index (χ3n) is 10.8. The zero-order valence-electron chi connectivity index (χ0n) is 30.8. The lowest BCUT2D eigenvalue weighted by Gasteiger charge is -2.26. The predicted molar refractivity (Wildman–Crippen MR) is 237 cm³/mol. The molecular formula is C54H38N2. The summed E-state index contributed by atoms with van der Waals surface area (Å²) in [5, 5.41) is 2.44. The maximum absolute atomic E-state index is 2.42. The molecule has 0 fully saturated rings. The highest BCUT2D eigenvalue weighted by atomic mass is 15.1. The molecule has 0 spiro atoms. The van der Waals surface area contributed by atoms with E-state index < -0.39 is 0 Å². The first-order valence-corrected chi connectivity index (χ1v) is 19.2. The van der Waals surface area contributed by atoms with E-state index in [1.165, 1.54) is 60.8 Å². The highest BCUT2D eigenvalue weighted by Crippen LogP contribution is 2.41. The summed E-state index contributed by atoms with van der Waals surface area (Å²) in [6.45, 7) is 0. The number of benzene rings is 9. The smallest absolute Gasteiger partial charge is 0.0561 e. The van der Waals surface area contributed by atoms with Crippen molar-refractivity contribution in [1.29, 1.82) is 0 Å². The zero-order chi connectivity index (χ0) is 37.3. The molecule has 264 valence electrons. The van der Waals surface area contributed by atoms with Crippen molar-refractivity contribution in [3.63, 3.8) is 0 Å². The second-order valence-electron chi connectivity index (χ2n) is 14.2. The molecule has 0 saturated heterocycles. The number of fused-ring (bicyclic) bond motifs is 3. The molecule has 0 unspecified atom stereocenters. The Balaban J connectivity index is 1.12. The molecule has 0 aliphatic rings. The summed E-state index contributed by atoms with van der Waals surface area (Å²) in [5.41, 5.74) is 16.4. The predicted octanol–water partition coefficient (Wildman–Crippen LogP) is 14.9. The van der Waals surface area contributed by atoms with Crippen LogP contribution >= 0.6 is 0 Å². The van der Waals surface area contributed by atoms with E-state index in [0.717, 1.165) is 28.3 Å². The van der Waals surface area contributed by atoms with Gasteiger partial charge >= 0.3 is 0 Å². The van der Waals surface area contributed by atoms with E-state index in [2.05, 4.69) is 240 Å². The average Bonchev–Trinajstić information content (AvgIpc) is 3.61. The van der Waals surface area contributed by atoms with Crippen molar-refractivity contribution >= 4 is 38.9 Å². The van der Waals surface area contributed by atoms with Gasteiger partial charge in [0.2, 0.25) is 0 Å². The molecule has 10 aromatic rings. The first kappa shape index (κ1) is 33.2. The van der Waals surface area contributed by atoms with Crippen LogP contribution in [0.2, 0.25) is 0 Å². The Morgan fingerprint density at radius 2 is 0.643 bits per heavy atom. The van der Waals surface area contributed by atoms with Gasteiger partial charge in [-0.15, -0.1) is 0 Å². The molecule has 0 amide bonds. The van der Waals surface area contributed by atoms with Crippen LogP contribution < -0.4 is 4.90 Å². The summed E-state index contributed by atoms with van der Waals surface area (Å²) in [7, 11) is 0. The lowest BCUT2D eigenvalue weighted by Crippen LogP contribution is -2.10. The molecule has 0 radical (unpaired) electrons. The summed E-state index contributed by atoms with van der Waals surface area (Å²) in [5.74, 6) is 0. The van der Waals surface area contributed by atoms with Gasteiger partial charge in [0.25, 0.3) is 0 Å². The molecule has 0 N–H and O–H groups in total. The van der Waals surface area contributed by atoms with Gasteiger partial charge in [-0.25, -0.2) is 0 Å². The second kappa shape index (κ2) is 14.4. The molecule has 0 aliphatic carbocycles. The van der Waals surface area contributed by atoms with Crippen LogP contribution in [0.3, 0.4) is 0 Å². The number of anilines is 3. The number of hydrogen-bond acceptors (Lipinski definition) is 1. The normalized spacial score (nSPS) is 11.2. The van der Waals surface area contributed by atoms with Crippen LogP contribution in [-0.4, -0.2) is 4.57 Å². The molecule has 9 aromatic carbocycles. The van der Waals surface area contributed by atoms with Gasteiger partial charge in [0.05, 0.1) is 11.0 Å². The van der Waals surface area contributed by atoms with Crippen LogP contribution in [0.15, 0.2) is 231 Å². The lowest BCUT2D eigenvalue weighted by molar-refractivity contribution is 1.18. The minimum absolute atomic E-state index is 1.10. The van der Waals surface area contributed by atoms with E-state index >= 15 is 0 Å². The fraction of sp³-hybridized carbons (Fsp3) is 0. The Bertz CT molecular complexity index is 2900. The van der Waals surface area contributed by atoms with Crippen LogP contribution in [0.1, 0.15) is 0 Å². The van der Waals surface area contributed by atoms with E-state index in [9.17, 15) is 0 Å². The minimum Gasteiger partial charge on any atom is -0.310 e. The van der Waals surface area contributed by atoms with Crippen molar-refractivity contribution in [2.24, 2.45) is 0 Å². The first-order valence-electron chi connectivity index (χ1n) is 19.2. The van der Waals surface area contributed by atoms with Gasteiger partial charge in [0.15, 0.2) is 0 Å². The van der Waals surface area contributed by atoms with Crippen molar-refractivity contribution in [3.05, 3.63) is 231 Å². The molecular weight excluding hydrogens is 677 g/mol. The van der Waals surface area contributed by atoms with E-state index in [1.807, 2.05) is 0 Å². The molecule has 1 heterocycles. The highest BCUT2D eigenvalue weighted by molar-refractivity contribution is 6.11. The van der Waals surface area contributed by atoms with Crippen LogP contribution in [0, 0.1) is 0 Å². The monoisotopic (exact) mass is 714 g/mol. The fourth-order valence-electron chi connectivity index (χ4n) is 7.98. The summed E-state index contributed by atoms with van der Waals surface area (Å²) >= 11 is 0. The number of nitrogens with zero attached hydrogens (tertiary/aromatic N) is 2. The maximum Gasteiger partial charge on any atom is 0.0561 e. The molecule has 0 atom stereocenters. The molecule has 0 saturated carbocycles. The van der Waals surface area contributed by atoms with Gasteiger partial charge in [-0.05, 0) is 105 Å². The summed E-state index contributed by atoms with van der Waals surface area (Å²) < 4.78 is 2.42. The number of para-hydroxylation sites is 1. The van der Waals surface area contributed by atoms with Gasteiger partial charge in [-0.1, -0.05) is 170 Å². The third-order valence-corrected chi connectivity index (χ3v) is 10.8. The first-order chi connectivity index (χ1) is 27.8. The lowest BCUT2D eigenvalue weighted by atomic mass is 9.99. The molecule has 0 bridgehead atoms. The zero-order valence-corrected chi connectivity index (χ0v) is 30.8. The summed E-state index contributed by atoms with van der Waals surface area (Å²) in [6.07, 6.45) is 0. The Hall–Kier alpha value is -7.42. The van der Waals surface area contributed by atoms with Crippen LogP contribution in [0.4, 0.5) is 17.1 Å². The SMILES string of the molecule is c1ccc(-c2ccc(-c3ccc4c(c3)c3ccc(N(c5ccccc5)c5ccc(-c6ccccc6)cc5)cc3n4-c3ccc(-c4ccccc4)cc3)cc2)cc1. The molecule has 2 heteroatoms. The Morgan fingerprint density at radius 3 is 1.18 bits per heavy atom. The van der Waals surface area contributed by atoms with Gasteiger partial charge in [0, 0.05) is 33.5 Å². The number of hydrogen-bond donors (Lipinski definition) is 0. The average molecular weight is 715 g/mol. The number of aromatic nitrogens is 1. The van der Waals surface area contributed by atoms with Crippen LogP contribution in [0.5, 0.6) is 0 Å². The van der Waals surface area contributed by atoms with Gasteiger partial charge in [-0.2, -0.15) is 0 Å². The van der Waals surface area contributed by atoms with E-state index in [4.69, 9.17) is 0 Å². The Morgan fingerprint density at radius 1 is 0.250 bits per heavy atom. The van der Waals surface area contributed by atoms with E-state index in [-0.39, 0.29) is 0 Å².